The fourth-order valence-corrected chi connectivity index (χ4v) is 3.10. The number of nitrogen functional groups attached to an aromatic ring is 1. The van der Waals surface area contributed by atoms with Gasteiger partial charge < -0.3 is 10.5 Å². The molecule has 94 valence electrons. The third-order valence-corrected chi connectivity index (χ3v) is 3.90. The average Bonchev–Trinajstić information content (AvgIpc) is 2.22. The van der Waals surface area contributed by atoms with Gasteiger partial charge in [0.15, 0.2) is 0 Å². The predicted octanol–water partition coefficient (Wildman–Crippen LogP) is 4.23. The van der Waals surface area contributed by atoms with E-state index in [1.807, 2.05) is 18.2 Å². The van der Waals surface area contributed by atoms with Crippen LogP contribution in [-0.4, -0.2) is 6.10 Å². The molecule has 2 nitrogen and oxygen atoms in total. The van der Waals surface area contributed by atoms with E-state index in [1.54, 1.807) is 0 Å². The monoisotopic (exact) mass is 297 g/mol. The lowest BCUT2D eigenvalue weighted by molar-refractivity contribution is 0.102. The number of ether oxygens (including phenoxy) is 1. The maximum absolute atomic E-state index is 6.05. The Labute approximate surface area is 112 Å². The van der Waals surface area contributed by atoms with E-state index in [0.29, 0.717) is 6.10 Å². The van der Waals surface area contributed by atoms with Crippen molar-refractivity contribution in [2.45, 2.75) is 39.2 Å². The fraction of sp³-hybridized carbons (Fsp3) is 0.571. The summed E-state index contributed by atoms with van der Waals surface area (Å²) in [6, 6.07) is 5.78. The van der Waals surface area contributed by atoms with Gasteiger partial charge in [0.25, 0.3) is 0 Å². The second-order valence-electron chi connectivity index (χ2n) is 5.34. The Bertz CT molecular complexity index is 384. The molecule has 1 aromatic carbocycles. The highest BCUT2D eigenvalue weighted by Crippen LogP contribution is 2.34. The highest BCUT2D eigenvalue weighted by molar-refractivity contribution is 9.10. The first kappa shape index (κ1) is 12.7. The number of benzene rings is 1. The second kappa shape index (κ2) is 5.30. The van der Waals surface area contributed by atoms with Crippen molar-refractivity contribution in [3.63, 3.8) is 0 Å². The zero-order valence-electron chi connectivity index (χ0n) is 10.4. The SMILES string of the molecule is CC1CC(C)CC(Oc2cc(Br)ccc2N)C1. The summed E-state index contributed by atoms with van der Waals surface area (Å²) in [7, 11) is 0. The van der Waals surface area contributed by atoms with Crippen molar-refractivity contribution in [2.24, 2.45) is 11.8 Å². The Morgan fingerprint density at radius 3 is 2.47 bits per heavy atom. The summed E-state index contributed by atoms with van der Waals surface area (Å²) in [5.41, 5.74) is 6.65. The van der Waals surface area contributed by atoms with Gasteiger partial charge in [-0.25, -0.2) is 0 Å². The molecule has 1 fully saturated rings. The van der Waals surface area contributed by atoms with Crippen molar-refractivity contribution in [2.75, 3.05) is 5.73 Å². The first-order valence-corrected chi connectivity index (χ1v) is 7.05. The Kier molecular flexibility index (Phi) is 3.97. The summed E-state index contributed by atoms with van der Waals surface area (Å²) < 4.78 is 7.07. The van der Waals surface area contributed by atoms with Crippen LogP contribution in [-0.2, 0) is 0 Å². The first-order valence-electron chi connectivity index (χ1n) is 6.26. The standard InChI is InChI=1S/C14H20BrNO/c1-9-5-10(2)7-12(6-9)17-14-8-11(15)3-4-13(14)16/h3-4,8-10,12H,5-7,16H2,1-2H3. The van der Waals surface area contributed by atoms with Crippen LogP contribution in [0, 0.1) is 11.8 Å². The molecule has 0 aliphatic heterocycles. The quantitative estimate of drug-likeness (QED) is 0.829. The van der Waals surface area contributed by atoms with Crippen molar-refractivity contribution >= 4 is 21.6 Å². The van der Waals surface area contributed by atoms with Crippen LogP contribution in [0.4, 0.5) is 5.69 Å². The van der Waals surface area contributed by atoms with Gasteiger partial charge >= 0.3 is 0 Å². The molecule has 0 aromatic heterocycles. The number of anilines is 1. The number of nitrogens with two attached hydrogens (primary N) is 1. The number of hydrogen-bond acceptors (Lipinski definition) is 2. The normalized spacial score (nSPS) is 29.0. The van der Waals surface area contributed by atoms with E-state index in [9.17, 15) is 0 Å². The van der Waals surface area contributed by atoms with Gasteiger partial charge in [0.2, 0.25) is 0 Å². The third-order valence-electron chi connectivity index (χ3n) is 3.40. The molecule has 2 unspecified atom stereocenters. The van der Waals surface area contributed by atoms with Crippen LogP contribution in [0.2, 0.25) is 0 Å². The lowest BCUT2D eigenvalue weighted by Gasteiger charge is -2.32. The predicted molar refractivity (Wildman–Crippen MR) is 75.1 cm³/mol. The van der Waals surface area contributed by atoms with Crippen molar-refractivity contribution in [3.8, 4) is 5.75 Å². The molecule has 2 N–H and O–H groups in total. The van der Waals surface area contributed by atoms with Gasteiger partial charge in [-0.1, -0.05) is 29.8 Å². The summed E-state index contributed by atoms with van der Waals surface area (Å²) in [6.45, 7) is 4.60. The molecule has 2 rings (SSSR count). The zero-order valence-corrected chi connectivity index (χ0v) is 12.0. The van der Waals surface area contributed by atoms with E-state index < -0.39 is 0 Å². The maximum atomic E-state index is 6.05. The van der Waals surface area contributed by atoms with E-state index in [2.05, 4.69) is 29.8 Å². The largest absolute Gasteiger partial charge is 0.488 e. The minimum atomic E-state index is 0.311. The van der Waals surface area contributed by atoms with Gasteiger partial charge in [0.05, 0.1) is 11.8 Å². The first-order chi connectivity index (χ1) is 8.04. The molecule has 17 heavy (non-hydrogen) atoms. The molecule has 1 aliphatic carbocycles. The van der Waals surface area contributed by atoms with E-state index in [-0.39, 0.29) is 0 Å². The average molecular weight is 298 g/mol. The Hall–Kier alpha value is -0.700. The van der Waals surface area contributed by atoms with Crippen LogP contribution in [0.1, 0.15) is 33.1 Å². The van der Waals surface area contributed by atoms with Crippen LogP contribution in [0.15, 0.2) is 22.7 Å². The van der Waals surface area contributed by atoms with E-state index >= 15 is 0 Å². The molecule has 0 spiro atoms. The van der Waals surface area contributed by atoms with Crippen molar-refractivity contribution in [1.29, 1.82) is 0 Å². The van der Waals surface area contributed by atoms with Gasteiger partial charge in [-0.3, -0.25) is 0 Å². The fourth-order valence-electron chi connectivity index (χ4n) is 2.76. The lowest BCUT2D eigenvalue weighted by atomic mass is 9.82. The molecule has 0 radical (unpaired) electrons. The summed E-state index contributed by atoms with van der Waals surface area (Å²) >= 11 is 3.45. The zero-order chi connectivity index (χ0) is 12.4. The molecule has 0 amide bonds. The lowest BCUT2D eigenvalue weighted by Crippen LogP contribution is -2.28. The number of hydrogen-bond donors (Lipinski definition) is 1. The van der Waals surface area contributed by atoms with E-state index in [4.69, 9.17) is 10.5 Å². The van der Waals surface area contributed by atoms with Gasteiger partial charge in [-0.2, -0.15) is 0 Å². The molecule has 1 aliphatic rings. The van der Waals surface area contributed by atoms with Crippen LogP contribution in [0.3, 0.4) is 0 Å². The summed E-state index contributed by atoms with van der Waals surface area (Å²) in [5, 5.41) is 0. The van der Waals surface area contributed by atoms with Crippen LogP contribution >= 0.6 is 15.9 Å². The summed E-state index contributed by atoms with van der Waals surface area (Å²) in [4.78, 5) is 0. The van der Waals surface area contributed by atoms with Gasteiger partial charge in [0.1, 0.15) is 5.75 Å². The molecular formula is C14H20BrNO. The van der Waals surface area contributed by atoms with Crippen LogP contribution < -0.4 is 10.5 Å². The van der Waals surface area contributed by atoms with Gasteiger partial charge in [0, 0.05) is 4.47 Å². The maximum Gasteiger partial charge on any atom is 0.143 e. The molecule has 0 bridgehead atoms. The van der Waals surface area contributed by atoms with E-state index in [0.717, 1.165) is 40.6 Å². The van der Waals surface area contributed by atoms with Gasteiger partial charge in [-0.15, -0.1) is 0 Å². The number of halogens is 1. The highest BCUT2D eigenvalue weighted by atomic mass is 79.9. The molecule has 1 saturated carbocycles. The van der Waals surface area contributed by atoms with Crippen LogP contribution in [0.5, 0.6) is 5.75 Å². The molecule has 1 aromatic rings. The smallest absolute Gasteiger partial charge is 0.143 e. The van der Waals surface area contributed by atoms with Crippen molar-refractivity contribution in [3.05, 3.63) is 22.7 Å². The summed E-state index contributed by atoms with van der Waals surface area (Å²) in [6.07, 6.45) is 3.89. The Morgan fingerprint density at radius 1 is 1.18 bits per heavy atom. The van der Waals surface area contributed by atoms with Crippen LogP contribution in [0.25, 0.3) is 0 Å². The Balaban J connectivity index is 2.07. The molecule has 3 heteroatoms. The molecule has 0 saturated heterocycles. The van der Waals surface area contributed by atoms with Gasteiger partial charge in [-0.05, 0) is 49.3 Å². The van der Waals surface area contributed by atoms with E-state index in [1.165, 1.54) is 6.42 Å². The Morgan fingerprint density at radius 2 is 1.82 bits per heavy atom. The summed E-state index contributed by atoms with van der Waals surface area (Å²) in [5.74, 6) is 2.31. The third kappa shape index (κ3) is 3.38. The minimum absolute atomic E-state index is 0.311. The molecule has 2 atom stereocenters. The highest BCUT2D eigenvalue weighted by Gasteiger charge is 2.25. The number of rotatable bonds is 2. The topological polar surface area (TPSA) is 35.2 Å². The molecular weight excluding hydrogens is 278 g/mol. The van der Waals surface area contributed by atoms with Crippen molar-refractivity contribution in [1.82, 2.24) is 0 Å². The molecule has 0 heterocycles. The minimum Gasteiger partial charge on any atom is -0.488 e. The van der Waals surface area contributed by atoms with Crippen molar-refractivity contribution < 1.29 is 4.74 Å². The second-order valence-corrected chi connectivity index (χ2v) is 6.26.